The summed E-state index contributed by atoms with van der Waals surface area (Å²) in [5.74, 6) is -0.127. The monoisotopic (exact) mass is 511 g/mol. The van der Waals surface area contributed by atoms with E-state index >= 15 is 0 Å². The van der Waals surface area contributed by atoms with E-state index in [-0.39, 0.29) is 11.5 Å². The number of hydrogen-bond donors (Lipinski definition) is 1. The first-order chi connectivity index (χ1) is 17.6. The Hall–Kier alpha value is -3.26. The maximum absolute atomic E-state index is 13.5. The number of likely N-dealkylation sites (tertiary alicyclic amines) is 1. The molecule has 2 atom stereocenters. The maximum Gasteiger partial charge on any atom is 0.408 e. The van der Waals surface area contributed by atoms with Gasteiger partial charge in [0.15, 0.2) is 0 Å². The number of aliphatic hydroxyl groups excluding tert-OH is 1. The molecule has 2 heterocycles. The lowest BCUT2D eigenvalue weighted by Crippen LogP contribution is -2.35. The van der Waals surface area contributed by atoms with E-state index in [0.29, 0.717) is 31.8 Å². The summed E-state index contributed by atoms with van der Waals surface area (Å²) < 4.78 is 52.6. The molecule has 1 aliphatic heterocycles. The van der Waals surface area contributed by atoms with Crippen molar-refractivity contribution in [1.29, 1.82) is 0 Å². The topological polar surface area (TPSA) is 48.7 Å². The Kier molecular flexibility index (Phi) is 6.56. The van der Waals surface area contributed by atoms with Gasteiger partial charge < -0.3 is 10.0 Å². The number of pyridine rings is 1. The molecule has 1 fully saturated rings. The van der Waals surface area contributed by atoms with E-state index < -0.39 is 30.1 Å². The number of aliphatic imine (C=N–C) groups is 1. The second-order valence-electron chi connectivity index (χ2n) is 10.3. The first-order valence-corrected chi connectivity index (χ1v) is 12.5. The molecule has 0 amide bonds. The van der Waals surface area contributed by atoms with Crippen LogP contribution in [0.5, 0.6) is 0 Å². The standard InChI is InChI=1S/C29H29F4N3O/c1-18(2)21-5-3-4-6-22(21)19-7-9-24-23(13-19)26(37)14-28(24)11-12-36(17-28)27(35-16-29(31,32)33)25-10-8-20(30)15-34-25/h3-10,13,15,18,26,37H,11-12,14,16-17H2,1-2H3. The van der Waals surface area contributed by atoms with Crippen molar-refractivity contribution in [2.24, 2.45) is 4.99 Å². The number of aromatic nitrogens is 1. The molecule has 4 nitrogen and oxygen atoms in total. The molecule has 0 saturated carbocycles. The van der Waals surface area contributed by atoms with Crippen LogP contribution in [-0.2, 0) is 5.41 Å². The number of hydrogen-bond acceptors (Lipinski definition) is 3. The second-order valence-corrected chi connectivity index (χ2v) is 10.3. The molecule has 5 rings (SSSR count). The number of nitrogens with zero attached hydrogens (tertiary/aromatic N) is 3. The Balaban J connectivity index is 1.48. The smallest absolute Gasteiger partial charge is 0.388 e. The summed E-state index contributed by atoms with van der Waals surface area (Å²) in [4.78, 5) is 9.65. The molecule has 0 bridgehead atoms. The Morgan fingerprint density at radius 3 is 2.65 bits per heavy atom. The molecule has 1 aromatic heterocycles. The van der Waals surface area contributed by atoms with Crippen LogP contribution in [-0.4, -0.2) is 46.6 Å². The van der Waals surface area contributed by atoms with Crippen molar-refractivity contribution in [2.45, 2.75) is 50.3 Å². The zero-order valence-corrected chi connectivity index (χ0v) is 20.8. The number of halogens is 4. The molecule has 1 N–H and O–H groups in total. The van der Waals surface area contributed by atoms with E-state index in [9.17, 15) is 22.7 Å². The Bertz CT molecular complexity index is 1320. The number of rotatable bonds is 4. The summed E-state index contributed by atoms with van der Waals surface area (Å²) in [6.45, 7) is 3.81. The molecule has 2 unspecified atom stereocenters. The van der Waals surface area contributed by atoms with E-state index in [2.05, 4.69) is 54.2 Å². The lowest BCUT2D eigenvalue weighted by atomic mass is 9.80. The average Bonchev–Trinajstić information content (AvgIpc) is 3.40. The summed E-state index contributed by atoms with van der Waals surface area (Å²) in [7, 11) is 0. The van der Waals surface area contributed by atoms with E-state index in [1.807, 2.05) is 12.1 Å². The van der Waals surface area contributed by atoms with E-state index in [4.69, 9.17) is 0 Å². The Morgan fingerprint density at radius 1 is 1.16 bits per heavy atom. The zero-order chi connectivity index (χ0) is 26.4. The van der Waals surface area contributed by atoms with Crippen LogP contribution in [0.2, 0.25) is 0 Å². The van der Waals surface area contributed by atoms with Crippen LogP contribution in [0.1, 0.15) is 61.1 Å². The second kappa shape index (κ2) is 9.56. The van der Waals surface area contributed by atoms with Gasteiger partial charge in [0.25, 0.3) is 0 Å². The van der Waals surface area contributed by atoms with Gasteiger partial charge in [-0.25, -0.2) is 9.37 Å². The largest absolute Gasteiger partial charge is 0.408 e. The fourth-order valence-electron chi connectivity index (χ4n) is 5.80. The van der Waals surface area contributed by atoms with Crippen molar-refractivity contribution in [3.63, 3.8) is 0 Å². The number of benzene rings is 2. The predicted octanol–water partition coefficient (Wildman–Crippen LogP) is 6.40. The minimum atomic E-state index is -4.47. The third kappa shape index (κ3) is 4.99. The molecule has 37 heavy (non-hydrogen) atoms. The number of fused-ring (bicyclic) bond motifs is 2. The highest BCUT2D eigenvalue weighted by molar-refractivity contribution is 5.97. The van der Waals surface area contributed by atoms with E-state index in [1.54, 1.807) is 4.90 Å². The van der Waals surface area contributed by atoms with E-state index in [1.165, 1.54) is 17.7 Å². The van der Waals surface area contributed by atoms with E-state index in [0.717, 1.165) is 28.5 Å². The van der Waals surface area contributed by atoms with Crippen LogP contribution >= 0.6 is 0 Å². The van der Waals surface area contributed by atoms with Crippen LogP contribution in [0.25, 0.3) is 11.1 Å². The molecule has 1 aliphatic carbocycles. The summed E-state index contributed by atoms with van der Waals surface area (Å²) in [6.07, 6.45) is -3.01. The summed E-state index contributed by atoms with van der Waals surface area (Å²) in [5, 5.41) is 11.1. The van der Waals surface area contributed by atoms with Crippen LogP contribution in [0.4, 0.5) is 17.6 Å². The maximum atomic E-state index is 13.5. The van der Waals surface area contributed by atoms with Crippen LogP contribution in [0.3, 0.4) is 0 Å². The van der Waals surface area contributed by atoms with Gasteiger partial charge in [-0.1, -0.05) is 50.2 Å². The molecular weight excluding hydrogens is 482 g/mol. The molecule has 1 saturated heterocycles. The molecule has 194 valence electrons. The predicted molar refractivity (Wildman–Crippen MR) is 135 cm³/mol. The average molecular weight is 512 g/mol. The summed E-state index contributed by atoms with van der Waals surface area (Å²) in [5.41, 5.74) is 5.07. The van der Waals surface area contributed by atoms with Gasteiger partial charge in [-0.2, -0.15) is 13.2 Å². The SMILES string of the molecule is CC(C)c1ccccc1-c1ccc2c(c1)C(O)CC21CCN(C(=NCC(F)(F)F)c2ccc(F)cn2)C1. The highest BCUT2D eigenvalue weighted by Gasteiger charge is 2.48. The Labute approximate surface area is 213 Å². The van der Waals surface area contributed by atoms with Crippen LogP contribution in [0, 0.1) is 5.82 Å². The lowest BCUT2D eigenvalue weighted by molar-refractivity contribution is -0.118. The quantitative estimate of drug-likeness (QED) is 0.251. The van der Waals surface area contributed by atoms with Crippen molar-refractivity contribution in [1.82, 2.24) is 9.88 Å². The zero-order valence-electron chi connectivity index (χ0n) is 20.8. The first-order valence-electron chi connectivity index (χ1n) is 12.5. The van der Waals surface area contributed by atoms with Gasteiger partial charge in [0.05, 0.1) is 12.3 Å². The highest BCUT2D eigenvalue weighted by atomic mass is 19.4. The first kappa shape index (κ1) is 25.4. The van der Waals surface area contributed by atoms with Gasteiger partial charge in [0, 0.05) is 18.5 Å². The number of alkyl halides is 3. The molecule has 3 aromatic rings. The van der Waals surface area contributed by atoms with Gasteiger partial charge in [-0.05, 0) is 64.8 Å². The van der Waals surface area contributed by atoms with Crippen molar-refractivity contribution in [3.8, 4) is 11.1 Å². The molecular formula is C29H29F4N3O. The molecule has 1 spiro atoms. The molecule has 2 aromatic carbocycles. The molecule has 2 aliphatic rings. The minimum absolute atomic E-state index is 0.0969. The van der Waals surface area contributed by atoms with Gasteiger partial charge in [0.1, 0.15) is 23.9 Å². The third-order valence-corrected chi connectivity index (χ3v) is 7.48. The number of aliphatic hydroxyl groups is 1. The fraction of sp³-hybridized carbons (Fsp3) is 0.379. The van der Waals surface area contributed by atoms with Gasteiger partial charge in [-0.3, -0.25) is 4.99 Å². The van der Waals surface area contributed by atoms with Crippen molar-refractivity contribution in [3.05, 3.63) is 89.0 Å². The van der Waals surface area contributed by atoms with Crippen molar-refractivity contribution >= 4 is 5.84 Å². The highest BCUT2D eigenvalue weighted by Crippen LogP contribution is 2.51. The molecule has 0 radical (unpaired) electrons. The van der Waals surface area contributed by atoms with Crippen LogP contribution < -0.4 is 0 Å². The summed E-state index contributed by atoms with van der Waals surface area (Å²) in [6, 6.07) is 16.9. The van der Waals surface area contributed by atoms with Gasteiger partial charge >= 0.3 is 6.18 Å². The number of amidine groups is 1. The summed E-state index contributed by atoms with van der Waals surface area (Å²) >= 11 is 0. The van der Waals surface area contributed by atoms with Gasteiger partial charge in [-0.15, -0.1) is 0 Å². The van der Waals surface area contributed by atoms with Gasteiger partial charge in [0.2, 0.25) is 0 Å². The third-order valence-electron chi connectivity index (χ3n) is 7.48. The van der Waals surface area contributed by atoms with Crippen molar-refractivity contribution in [2.75, 3.05) is 19.6 Å². The normalized spacial score (nSPS) is 21.8. The Morgan fingerprint density at radius 2 is 1.95 bits per heavy atom. The lowest BCUT2D eigenvalue weighted by Gasteiger charge is -2.27. The fourth-order valence-corrected chi connectivity index (χ4v) is 5.80. The van der Waals surface area contributed by atoms with Crippen LogP contribution in [0.15, 0.2) is 65.8 Å². The van der Waals surface area contributed by atoms with Crippen molar-refractivity contribution < 1.29 is 22.7 Å². The minimum Gasteiger partial charge on any atom is -0.388 e. The molecule has 8 heteroatoms.